The number of thioether (sulfide) groups is 1. The minimum Gasteiger partial charge on any atom is -0.481 e. The summed E-state index contributed by atoms with van der Waals surface area (Å²) in [5, 5.41) is 20.1. The molecule has 6 nitrogen and oxygen atoms in total. The molecular formula is C16H27NO5S. The van der Waals surface area contributed by atoms with Gasteiger partial charge in [-0.3, -0.25) is 9.59 Å². The van der Waals surface area contributed by atoms with Crippen LogP contribution in [0.4, 0.5) is 0 Å². The van der Waals surface area contributed by atoms with E-state index >= 15 is 0 Å². The summed E-state index contributed by atoms with van der Waals surface area (Å²) in [5.41, 5.74) is 1.30. The van der Waals surface area contributed by atoms with Crippen LogP contribution in [-0.4, -0.2) is 45.6 Å². The van der Waals surface area contributed by atoms with Gasteiger partial charge in [-0.05, 0) is 26.2 Å². The molecule has 1 atom stereocenters. The maximum absolute atomic E-state index is 11.6. The van der Waals surface area contributed by atoms with Crippen molar-refractivity contribution < 1.29 is 24.6 Å². The second kappa shape index (κ2) is 13.0. The predicted octanol–water partition coefficient (Wildman–Crippen LogP) is 2.68. The van der Waals surface area contributed by atoms with Crippen LogP contribution in [0.2, 0.25) is 0 Å². The molecule has 0 aromatic heterocycles. The molecule has 0 saturated carbocycles. The van der Waals surface area contributed by atoms with Crippen molar-refractivity contribution in [2.45, 2.75) is 58.4 Å². The third-order valence-corrected chi connectivity index (χ3v) is 4.16. The second-order valence-corrected chi connectivity index (χ2v) is 6.47. The van der Waals surface area contributed by atoms with Gasteiger partial charge in [0.2, 0.25) is 5.91 Å². The Morgan fingerprint density at radius 3 is 2.39 bits per heavy atom. The Hall–Kier alpha value is -1.50. The Labute approximate surface area is 141 Å². The zero-order valence-electron chi connectivity index (χ0n) is 13.8. The van der Waals surface area contributed by atoms with Crippen molar-refractivity contribution in [2.75, 3.05) is 11.5 Å². The fourth-order valence-electron chi connectivity index (χ4n) is 1.79. The number of amides is 1. The molecule has 7 heteroatoms. The molecule has 132 valence electrons. The topological polar surface area (TPSA) is 104 Å². The molecule has 0 spiro atoms. The maximum atomic E-state index is 11.6. The van der Waals surface area contributed by atoms with Gasteiger partial charge in [0.15, 0.2) is 0 Å². The summed E-state index contributed by atoms with van der Waals surface area (Å²) in [5.74, 6) is -1.45. The quantitative estimate of drug-likeness (QED) is 0.350. The number of nitrogens with one attached hydrogen (secondary N) is 1. The van der Waals surface area contributed by atoms with Crippen molar-refractivity contribution >= 4 is 29.6 Å². The van der Waals surface area contributed by atoms with Crippen LogP contribution >= 0.6 is 11.8 Å². The highest BCUT2D eigenvalue weighted by atomic mass is 32.2. The lowest BCUT2D eigenvalue weighted by atomic mass is 10.1. The molecule has 0 aliphatic carbocycles. The lowest BCUT2D eigenvalue weighted by Gasteiger charge is -2.13. The molecule has 3 N–H and O–H groups in total. The summed E-state index contributed by atoms with van der Waals surface area (Å²) >= 11 is 1.46. The van der Waals surface area contributed by atoms with Crippen LogP contribution in [0, 0.1) is 0 Å². The highest BCUT2D eigenvalue weighted by Crippen LogP contribution is 2.10. The number of carbonyl (C=O) groups excluding carboxylic acids is 1. The van der Waals surface area contributed by atoms with Crippen LogP contribution in [0.15, 0.2) is 11.6 Å². The molecule has 0 rings (SSSR count). The average molecular weight is 345 g/mol. The van der Waals surface area contributed by atoms with E-state index in [1.807, 2.05) is 0 Å². The van der Waals surface area contributed by atoms with E-state index in [1.54, 1.807) is 0 Å². The predicted molar refractivity (Wildman–Crippen MR) is 91.7 cm³/mol. The van der Waals surface area contributed by atoms with E-state index in [9.17, 15) is 14.4 Å². The molecule has 0 fully saturated rings. The van der Waals surface area contributed by atoms with Crippen molar-refractivity contribution in [1.82, 2.24) is 5.32 Å². The Morgan fingerprint density at radius 1 is 1.13 bits per heavy atom. The first kappa shape index (κ1) is 21.5. The molecule has 23 heavy (non-hydrogen) atoms. The van der Waals surface area contributed by atoms with Gasteiger partial charge in [-0.1, -0.05) is 25.0 Å². The third-order valence-electron chi connectivity index (χ3n) is 3.19. The van der Waals surface area contributed by atoms with Gasteiger partial charge in [0.25, 0.3) is 0 Å². The first-order valence-electron chi connectivity index (χ1n) is 7.84. The molecule has 0 saturated heterocycles. The van der Waals surface area contributed by atoms with Gasteiger partial charge in [0.1, 0.15) is 6.04 Å². The van der Waals surface area contributed by atoms with Crippen LogP contribution in [0.25, 0.3) is 0 Å². The summed E-state index contributed by atoms with van der Waals surface area (Å²) in [6, 6.07) is -0.943. The first-order valence-corrected chi connectivity index (χ1v) is 8.99. The summed E-state index contributed by atoms with van der Waals surface area (Å²) in [6.07, 6.45) is 5.58. The van der Waals surface area contributed by atoms with Gasteiger partial charge in [-0.25, -0.2) is 4.79 Å². The van der Waals surface area contributed by atoms with E-state index < -0.39 is 23.9 Å². The molecule has 1 unspecified atom stereocenters. The van der Waals surface area contributed by atoms with E-state index in [1.165, 1.54) is 17.3 Å². The van der Waals surface area contributed by atoms with E-state index in [0.717, 1.165) is 19.3 Å². The van der Waals surface area contributed by atoms with Crippen LogP contribution in [0.3, 0.4) is 0 Å². The fourth-order valence-corrected chi connectivity index (χ4v) is 2.79. The SMILES string of the molecule is CCCC/C(C)=C/CSCC(NC(=O)CCCC(=O)O)C(=O)O. The fraction of sp³-hybridized carbons (Fsp3) is 0.688. The van der Waals surface area contributed by atoms with Crippen molar-refractivity contribution in [2.24, 2.45) is 0 Å². The van der Waals surface area contributed by atoms with Crippen molar-refractivity contribution in [3.8, 4) is 0 Å². The molecule has 0 radical (unpaired) electrons. The van der Waals surface area contributed by atoms with Gasteiger partial charge < -0.3 is 15.5 Å². The molecule has 0 aromatic carbocycles. The second-order valence-electron chi connectivity index (χ2n) is 5.40. The van der Waals surface area contributed by atoms with E-state index in [-0.39, 0.29) is 25.0 Å². The summed E-state index contributed by atoms with van der Waals surface area (Å²) < 4.78 is 0. The van der Waals surface area contributed by atoms with E-state index in [2.05, 4.69) is 25.2 Å². The Morgan fingerprint density at radius 2 is 1.83 bits per heavy atom. The number of aliphatic carboxylic acids is 2. The van der Waals surface area contributed by atoms with Gasteiger partial charge in [0, 0.05) is 24.3 Å². The summed E-state index contributed by atoms with van der Waals surface area (Å²) in [6.45, 7) is 4.20. The van der Waals surface area contributed by atoms with Crippen LogP contribution < -0.4 is 5.32 Å². The van der Waals surface area contributed by atoms with E-state index in [0.29, 0.717) is 5.75 Å². The zero-order valence-corrected chi connectivity index (χ0v) is 14.7. The van der Waals surface area contributed by atoms with Crippen molar-refractivity contribution in [1.29, 1.82) is 0 Å². The average Bonchev–Trinajstić information content (AvgIpc) is 2.47. The number of allylic oxidation sites excluding steroid dienone is 1. The van der Waals surface area contributed by atoms with Crippen LogP contribution in [-0.2, 0) is 14.4 Å². The molecule has 0 bridgehead atoms. The number of rotatable bonds is 13. The Kier molecular flexibility index (Phi) is 12.1. The normalized spacial score (nSPS) is 12.7. The lowest BCUT2D eigenvalue weighted by molar-refractivity contribution is -0.141. The number of hydrogen-bond donors (Lipinski definition) is 3. The largest absolute Gasteiger partial charge is 0.481 e. The molecule has 0 aliphatic heterocycles. The first-order chi connectivity index (χ1) is 10.9. The van der Waals surface area contributed by atoms with Crippen molar-refractivity contribution in [3.05, 3.63) is 11.6 Å². The number of unbranched alkanes of at least 4 members (excludes halogenated alkanes) is 1. The molecule has 0 aliphatic rings. The molecular weight excluding hydrogens is 318 g/mol. The number of carboxylic acids is 2. The van der Waals surface area contributed by atoms with Crippen LogP contribution in [0.1, 0.15) is 52.4 Å². The number of carbonyl (C=O) groups is 3. The zero-order chi connectivity index (χ0) is 17.7. The Balaban J connectivity index is 4.09. The maximum Gasteiger partial charge on any atom is 0.327 e. The summed E-state index contributed by atoms with van der Waals surface area (Å²) in [4.78, 5) is 33.1. The standard InChI is InChI=1S/C16H27NO5S/c1-3-4-6-12(2)9-10-23-11-13(16(21)22)17-14(18)7-5-8-15(19)20/h9,13H,3-8,10-11H2,1-2H3,(H,17,18)(H,19,20)(H,21,22)/b12-9+. The molecule has 1 amide bonds. The number of hydrogen-bond acceptors (Lipinski definition) is 4. The molecule has 0 heterocycles. The monoisotopic (exact) mass is 345 g/mol. The number of carboxylic acid groups (broad SMARTS) is 2. The van der Waals surface area contributed by atoms with Gasteiger partial charge in [-0.2, -0.15) is 11.8 Å². The minimum atomic E-state index is -1.07. The van der Waals surface area contributed by atoms with Gasteiger partial charge in [-0.15, -0.1) is 0 Å². The van der Waals surface area contributed by atoms with Gasteiger partial charge >= 0.3 is 11.9 Å². The summed E-state index contributed by atoms with van der Waals surface area (Å²) in [7, 11) is 0. The Bertz CT molecular complexity index is 423. The van der Waals surface area contributed by atoms with E-state index in [4.69, 9.17) is 10.2 Å². The minimum absolute atomic E-state index is 0.0246. The van der Waals surface area contributed by atoms with Crippen molar-refractivity contribution in [3.63, 3.8) is 0 Å². The lowest BCUT2D eigenvalue weighted by Crippen LogP contribution is -2.42. The smallest absolute Gasteiger partial charge is 0.327 e. The highest BCUT2D eigenvalue weighted by molar-refractivity contribution is 7.99. The molecule has 0 aromatic rings. The highest BCUT2D eigenvalue weighted by Gasteiger charge is 2.19. The van der Waals surface area contributed by atoms with Crippen LogP contribution in [0.5, 0.6) is 0 Å². The van der Waals surface area contributed by atoms with Gasteiger partial charge in [0.05, 0.1) is 0 Å². The third kappa shape index (κ3) is 12.7.